The molecule has 2 atom stereocenters. The third kappa shape index (κ3) is 6.02. The Bertz CT molecular complexity index is 119. The van der Waals surface area contributed by atoms with Crippen molar-refractivity contribution in [2.75, 3.05) is 20.1 Å². The van der Waals surface area contributed by atoms with Crippen molar-refractivity contribution in [1.82, 2.24) is 4.90 Å². The van der Waals surface area contributed by atoms with Gasteiger partial charge in [0.1, 0.15) is 0 Å². The van der Waals surface area contributed by atoms with E-state index in [2.05, 4.69) is 25.8 Å². The van der Waals surface area contributed by atoms with E-state index in [1.165, 1.54) is 12.8 Å². The van der Waals surface area contributed by atoms with Gasteiger partial charge in [0, 0.05) is 19.1 Å². The van der Waals surface area contributed by atoms with E-state index in [0.29, 0.717) is 12.6 Å². The number of hydrogen-bond acceptors (Lipinski definition) is 3. The van der Waals surface area contributed by atoms with Gasteiger partial charge in [0.25, 0.3) is 0 Å². The van der Waals surface area contributed by atoms with Gasteiger partial charge in [0.2, 0.25) is 0 Å². The molecule has 2 unspecified atom stereocenters. The molecule has 0 aliphatic heterocycles. The Balaban J connectivity index is 3.54. The molecule has 0 fully saturated rings. The highest BCUT2D eigenvalue weighted by Gasteiger charge is 2.09. The molecule has 0 aliphatic carbocycles. The van der Waals surface area contributed by atoms with E-state index in [1.54, 1.807) is 0 Å². The smallest absolute Gasteiger partial charge is 0.0674 e. The molecule has 3 nitrogen and oxygen atoms in total. The first-order valence-corrected chi connectivity index (χ1v) is 5.20. The minimum atomic E-state index is -0.337. The molecule has 3 N–H and O–H groups in total. The van der Waals surface area contributed by atoms with Crippen molar-refractivity contribution in [2.24, 2.45) is 5.73 Å². The summed E-state index contributed by atoms with van der Waals surface area (Å²) in [5.41, 5.74) is 5.32. The number of hydrogen-bond donors (Lipinski definition) is 2. The maximum Gasteiger partial charge on any atom is 0.0674 e. The van der Waals surface area contributed by atoms with Crippen LogP contribution in [0.2, 0.25) is 0 Å². The fraction of sp³-hybridized carbons (Fsp3) is 1.00. The molecule has 0 spiro atoms. The van der Waals surface area contributed by atoms with Gasteiger partial charge in [-0.15, -0.1) is 0 Å². The van der Waals surface area contributed by atoms with Crippen molar-refractivity contribution in [2.45, 2.75) is 45.3 Å². The highest BCUT2D eigenvalue weighted by Crippen LogP contribution is 2.05. The Morgan fingerprint density at radius 2 is 2.00 bits per heavy atom. The van der Waals surface area contributed by atoms with Crippen LogP contribution in [0.5, 0.6) is 0 Å². The molecule has 0 rings (SSSR count). The molecular weight excluding hydrogens is 164 g/mol. The fourth-order valence-corrected chi connectivity index (χ4v) is 1.33. The average molecular weight is 188 g/mol. The van der Waals surface area contributed by atoms with Gasteiger partial charge in [0.15, 0.2) is 0 Å². The van der Waals surface area contributed by atoms with Gasteiger partial charge in [-0.25, -0.2) is 0 Å². The van der Waals surface area contributed by atoms with Crippen LogP contribution in [-0.4, -0.2) is 42.3 Å². The zero-order valence-electron chi connectivity index (χ0n) is 9.16. The lowest BCUT2D eigenvalue weighted by atomic mass is 10.1. The number of rotatable bonds is 7. The van der Waals surface area contributed by atoms with E-state index in [9.17, 15) is 5.11 Å². The molecule has 0 aromatic carbocycles. The second-order valence-corrected chi connectivity index (χ2v) is 3.80. The van der Waals surface area contributed by atoms with E-state index in [-0.39, 0.29) is 6.10 Å². The maximum atomic E-state index is 9.27. The van der Waals surface area contributed by atoms with Crippen molar-refractivity contribution in [3.63, 3.8) is 0 Å². The molecule has 0 aromatic rings. The van der Waals surface area contributed by atoms with Gasteiger partial charge in [-0.2, -0.15) is 0 Å². The minimum Gasteiger partial charge on any atom is -0.392 e. The Labute approximate surface area is 81.9 Å². The van der Waals surface area contributed by atoms with E-state index in [1.807, 2.05) is 0 Å². The largest absolute Gasteiger partial charge is 0.392 e. The monoisotopic (exact) mass is 188 g/mol. The molecule has 13 heavy (non-hydrogen) atoms. The first kappa shape index (κ1) is 12.9. The Morgan fingerprint density at radius 1 is 1.38 bits per heavy atom. The summed E-state index contributed by atoms with van der Waals surface area (Å²) in [7, 11) is 2.10. The third-order valence-corrected chi connectivity index (χ3v) is 2.55. The molecule has 0 aromatic heterocycles. The summed E-state index contributed by atoms with van der Waals surface area (Å²) in [5, 5.41) is 9.27. The Morgan fingerprint density at radius 3 is 2.46 bits per heavy atom. The van der Waals surface area contributed by atoms with Crippen LogP contribution in [0.25, 0.3) is 0 Å². The lowest BCUT2D eigenvalue weighted by molar-refractivity contribution is 0.142. The molecule has 0 amide bonds. The lowest BCUT2D eigenvalue weighted by Gasteiger charge is -2.25. The predicted octanol–water partition coefficient (Wildman–Crippen LogP) is 0.817. The number of nitrogens with two attached hydrogens (primary N) is 1. The van der Waals surface area contributed by atoms with Crippen LogP contribution >= 0.6 is 0 Å². The third-order valence-electron chi connectivity index (χ3n) is 2.55. The van der Waals surface area contributed by atoms with Gasteiger partial charge >= 0.3 is 0 Å². The van der Waals surface area contributed by atoms with E-state index in [0.717, 1.165) is 13.0 Å². The average Bonchev–Trinajstić information content (AvgIpc) is 2.13. The SMILES string of the molecule is CCCC(C)N(C)CCC(O)CN. The summed E-state index contributed by atoms with van der Waals surface area (Å²) in [6.07, 6.45) is 2.87. The number of aliphatic hydroxyl groups is 1. The normalized spacial score (nSPS) is 16.2. The second-order valence-electron chi connectivity index (χ2n) is 3.80. The van der Waals surface area contributed by atoms with Crippen LogP contribution in [0, 0.1) is 0 Å². The summed E-state index contributed by atoms with van der Waals surface area (Å²) < 4.78 is 0. The first-order chi connectivity index (χ1) is 6.11. The minimum absolute atomic E-state index is 0.337. The van der Waals surface area contributed by atoms with Crippen LogP contribution in [0.15, 0.2) is 0 Å². The zero-order chi connectivity index (χ0) is 10.3. The fourth-order valence-electron chi connectivity index (χ4n) is 1.33. The second kappa shape index (κ2) is 7.30. The maximum absolute atomic E-state index is 9.27. The van der Waals surface area contributed by atoms with Crippen LogP contribution in [0.3, 0.4) is 0 Å². The van der Waals surface area contributed by atoms with Crippen LogP contribution in [0.1, 0.15) is 33.1 Å². The Kier molecular flexibility index (Phi) is 7.23. The van der Waals surface area contributed by atoms with Crippen molar-refractivity contribution in [3.05, 3.63) is 0 Å². The quantitative estimate of drug-likeness (QED) is 0.622. The van der Waals surface area contributed by atoms with E-state index < -0.39 is 0 Å². The lowest BCUT2D eigenvalue weighted by Crippen LogP contribution is -2.33. The summed E-state index contributed by atoms with van der Waals surface area (Å²) in [6.45, 7) is 5.72. The number of aliphatic hydroxyl groups excluding tert-OH is 1. The highest BCUT2D eigenvalue weighted by atomic mass is 16.3. The molecule has 0 heterocycles. The van der Waals surface area contributed by atoms with Crippen molar-refractivity contribution in [1.29, 1.82) is 0 Å². The molecule has 0 aliphatic rings. The highest BCUT2D eigenvalue weighted by molar-refractivity contribution is 4.65. The van der Waals surface area contributed by atoms with Gasteiger partial charge in [-0.1, -0.05) is 13.3 Å². The van der Waals surface area contributed by atoms with Gasteiger partial charge in [-0.05, 0) is 26.8 Å². The number of nitrogens with zero attached hydrogens (tertiary/aromatic N) is 1. The molecule has 0 saturated carbocycles. The van der Waals surface area contributed by atoms with Crippen molar-refractivity contribution >= 4 is 0 Å². The predicted molar refractivity (Wildman–Crippen MR) is 56.7 cm³/mol. The summed E-state index contributed by atoms with van der Waals surface area (Å²) in [4.78, 5) is 2.28. The summed E-state index contributed by atoms with van der Waals surface area (Å²) >= 11 is 0. The van der Waals surface area contributed by atoms with Crippen LogP contribution in [0.4, 0.5) is 0 Å². The summed E-state index contributed by atoms with van der Waals surface area (Å²) in [6, 6.07) is 0.606. The molecule has 0 radical (unpaired) electrons. The van der Waals surface area contributed by atoms with Gasteiger partial charge in [0.05, 0.1) is 6.10 Å². The molecule has 3 heteroatoms. The van der Waals surface area contributed by atoms with Crippen LogP contribution in [-0.2, 0) is 0 Å². The van der Waals surface area contributed by atoms with Gasteiger partial charge < -0.3 is 15.7 Å². The Hall–Kier alpha value is -0.120. The molecule has 0 saturated heterocycles. The molecular formula is C10H24N2O. The van der Waals surface area contributed by atoms with Crippen LogP contribution < -0.4 is 5.73 Å². The zero-order valence-corrected chi connectivity index (χ0v) is 9.16. The topological polar surface area (TPSA) is 49.5 Å². The van der Waals surface area contributed by atoms with E-state index >= 15 is 0 Å². The standard InChI is InChI=1S/C10H24N2O/c1-4-5-9(2)12(3)7-6-10(13)8-11/h9-10,13H,4-8,11H2,1-3H3. The summed E-state index contributed by atoms with van der Waals surface area (Å²) in [5.74, 6) is 0. The van der Waals surface area contributed by atoms with Crippen molar-refractivity contribution < 1.29 is 5.11 Å². The molecule has 80 valence electrons. The van der Waals surface area contributed by atoms with E-state index in [4.69, 9.17) is 5.73 Å². The van der Waals surface area contributed by atoms with Crippen molar-refractivity contribution in [3.8, 4) is 0 Å². The first-order valence-electron chi connectivity index (χ1n) is 5.20. The van der Waals surface area contributed by atoms with Gasteiger partial charge in [-0.3, -0.25) is 0 Å². The molecule has 0 bridgehead atoms.